The van der Waals surface area contributed by atoms with Crippen LogP contribution in [0.3, 0.4) is 0 Å². The second kappa shape index (κ2) is 45.4. The van der Waals surface area contributed by atoms with Gasteiger partial charge in [-0.1, -0.05) is 218 Å². The van der Waals surface area contributed by atoms with Crippen LogP contribution in [0.25, 0.3) is 0 Å². The molecule has 6 heteroatoms. The molecule has 3 unspecified atom stereocenters. The molecule has 0 bridgehead atoms. The Labute approximate surface area is 354 Å². The quantitative estimate of drug-likeness (QED) is 0.0324. The SMILES string of the molecule is CCCCC/C=C\C/C=C\CCCCCCCCCC(CC(=O)NC(CO)C(O)CCCCCCCCCCCCC)OC(=O)CCCCCCCCCCCC. The third-order valence-corrected chi connectivity index (χ3v) is 11.5. The van der Waals surface area contributed by atoms with E-state index in [1.165, 1.54) is 154 Å². The van der Waals surface area contributed by atoms with Crippen molar-refractivity contribution in [3.8, 4) is 0 Å². The fraction of sp³-hybridized carbons (Fsp3) is 0.882. The number of allylic oxidation sites excluding steroid dienone is 4. The topological polar surface area (TPSA) is 95.9 Å². The Hall–Kier alpha value is -1.66. The molecule has 0 saturated carbocycles. The van der Waals surface area contributed by atoms with E-state index in [0.717, 1.165) is 64.2 Å². The van der Waals surface area contributed by atoms with Gasteiger partial charge in [-0.05, 0) is 57.8 Å². The molecular formula is C51H97NO5. The molecule has 57 heavy (non-hydrogen) atoms. The van der Waals surface area contributed by atoms with Gasteiger partial charge in [0.15, 0.2) is 0 Å². The summed E-state index contributed by atoms with van der Waals surface area (Å²) < 4.78 is 5.92. The molecule has 6 nitrogen and oxygen atoms in total. The van der Waals surface area contributed by atoms with Gasteiger partial charge >= 0.3 is 5.97 Å². The Morgan fingerprint density at radius 1 is 0.509 bits per heavy atom. The van der Waals surface area contributed by atoms with Gasteiger partial charge in [-0.3, -0.25) is 9.59 Å². The summed E-state index contributed by atoms with van der Waals surface area (Å²) in [5.41, 5.74) is 0. The van der Waals surface area contributed by atoms with Crippen molar-refractivity contribution in [3.63, 3.8) is 0 Å². The lowest BCUT2D eigenvalue weighted by Crippen LogP contribution is -2.46. The molecule has 0 aromatic carbocycles. The van der Waals surface area contributed by atoms with Crippen molar-refractivity contribution in [2.45, 2.75) is 283 Å². The average Bonchev–Trinajstić information content (AvgIpc) is 3.20. The summed E-state index contributed by atoms with van der Waals surface area (Å²) in [5, 5.41) is 23.7. The van der Waals surface area contributed by atoms with E-state index in [4.69, 9.17) is 4.74 Å². The number of carbonyl (C=O) groups excluding carboxylic acids is 2. The summed E-state index contributed by atoms with van der Waals surface area (Å²) in [5.74, 6) is -0.472. The van der Waals surface area contributed by atoms with Gasteiger partial charge in [0.25, 0.3) is 0 Å². The Morgan fingerprint density at radius 3 is 1.37 bits per heavy atom. The van der Waals surface area contributed by atoms with Crippen molar-refractivity contribution in [3.05, 3.63) is 24.3 Å². The molecule has 0 aromatic heterocycles. The van der Waals surface area contributed by atoms with Crippen molar-refractivity contribution in [1.29, 1.82) is 0 Å². The average molecular weight is 804 g/mol. The third-order valence-electron chi connectivity index (χ3n) is 11.5. The molecule has 0 aliphatic rings. The number of hydrogen-bond acceptors (Lipinski definition) is 5. The monoisotopic (exact) mass is 804 g/mol. The zero-order chi connectivity index (χ0) is 41.7. The molecule has 0 rings (SSSR count). The molecule has 3 atom stereocenters. The van der Waals surface area contributed by atoms with Crippen LogP contribution in [0.5, 0.6) is 0 Å². The third kappa shape index (κ3) is 40.9. The normalized spacial score (nSPS) is 13.4. The number of aliphatic hydroxyl groups is 2. The maximum absolute atomic E-state index is 13.2. The molecule has 0 spiro atoms. The smallest absolute Gasteiger partial charge is 0.306 e. The Kier molecular flexibility index (Phi) is 44.1. The van der Waals surface area contributed by atoms with E-state index in [0.29, 0.717) is 19.3 Å². The Morgan fingerprint density at radius 2 is 0.895 bits per heavy atom. The second-order valence-corrected chi connectivity index (χ2v) is 17.2. The van der Waals surface area contributed by atoms with Crippen LogP contribution in [0.2, 0.25) is 0 Å². The summed E-state index contributed by atoms with van der Waals surface area (Å²) >= 11 is 0. The summed E-state index contributed by atoms with van der Waals surface area (Å²) in [4.78, 5) is 26.0. The first-order valence-electron chi connectivity index (χ1n) is 25.1. The summed E-state index contributed by atoms with van der Waals surface area (Å²) in [6.45, 7) is 6.45. The molecule has 3 N–H and O–H groups in total. The highest BCUT2D eigenvalue weighted by Crippen LogP contribution is 2.18. The van der Waals surface area contributed by atoms with Crippen LogP contribution in [-0.2, 0) is 14.3 Å². The minimum Gasteiger partial charge on any atom is -0.462 e. The molecule has 0 saturated heterocycles. The van der Waals surface area contributed by atoms with Gasteiger partial charge < -0.3 is 20.3 Å². The van der Waals surface area contributed by atoms with Crippen LogP contribution < -0.4 is 5.32 Å². The predicted octanol–water partition coefficient (Wildman–Crippen LogP) is 14.7. The van der Waals surface area contributed by atoms with E-state index >= 15 is 0 Å². The first-order valence-corrected chi connectivity index (χ1v) is 25.1. The zero-order valence-corrected chi connectivity index (χ0v) is 38.2. The molecule has 0 aliphatic carbocycles. The fourth-order valence-electron chi connectivity index (χ4n) is 7.70. The molecular weight excluding hydrogens is 707 g/mol. The molecule has 0 aliphatic heterocycles. The number of ether oxygens (including phenoxy) is 1. The largest absolute Gasteiger partial charge is 0.462 e. The van der Waals surface area contributed by atoms with E-state index in [1.807, 2.05) is 0 Å². The second-order valence-electron chi connectivity index (χ2n) is 17.2. The number of rotatable bonds is 45. The van der Waals surface area contributed by atoms with Crippen molar-refractivity contribution >= 4 is 11.9 Å². The summed E-state index contributed by atoms with van der Waals surface area (Å²) in [7, 11) is 0. The maximum atomic E-state index is 13.2. The van der Waals surface area contributed by atoms with Crippen LogP contribution in [0.1, 0.15) is 265 Å². The van der Waals surface area contributed by atoms with Gasteiger partial charge in [-0.25, -0.2) is 0 Å². The van der Waals surface area contributed by atoms with Crippen LogP contribution in [0.15, 0.2) is 24.3 Å². The van der Waals surface area contributed by atoms with Crippen LogP contribution >= 0.6 is 0 Å². The Balaban J connectivity index is 4.56. The van der Waals surface area contributed by atoms with Crippen molar-refractivity contribution < 1.29 is 24.5 Å². The first-order chi connectivity index (χ1) is 28.0. The van der Waals surface area contributed by atoms with Gasteiger partial charge in [0.05, 0.1) is 25.2 Å². The van der Waals surface area contributed by atoms with Gasteiger partial charge in [-0.2, -0.15) is 0 Å². The molecule has 336 valence electrons. The number of carbonyl (C=O) groups is 2. The van der Waals surface area contributed by atoms with Crippen molar-refractivity contribution in [1.82, 2.24) is 5.32 Å². The highest BCUT2D eigenvalue weighted by molar-refractivity contribution is 5.77. The van der Waals surface area contributed by atoms with Crippen molar-refractivity contribution in [2.75, 3.05) is 6.61 Å². The van der Waals surface area contributed by atoms with Crippen molar-refractivity contribution in [2.24, 2.45) is 0 Å². The number of hydrogen-bond donors (Lipinski definition) is 3. The molecule has 0 heterocycles. The molecule has 0 fully saturated rings. The zero-order valence-electron chi connectivity index (χ0n) is 38.2. The summed E-state index contributed by atoms with van der Waals surface area (Å²) in [6.07, 6.45) is 50.9. The van der Waals surface area contributed by atoms with E-state index in [9.17, 15) is 19.8 Å². The lowest BCUT2D eigenvalue weighted by molar-refractivity contribution is -0.151. The summed E-state index contributed by atoms with van der Waals surface area (Å²) in [6, 6.07) is -0.698. The van der Waals surface area contributed by atoms with Crippen LogP contribution in [0.4, 0.5) is 0 Å². The number of unbranched alkanes of at least 4 members (excludes halogenated alkanes) is 29. The van der Waals surface area contributed by atoms with E-state index in [1.54, 1.807) is 0 Å². The first kappa shape index (κ1) is 55.3. The van der Waals surface area contributed by atoms with E-state index in [-0.39, 0.29) is 24.9 Å². The van der Waals surface area contributed by atoms with E-state index in [2.05, 4.69) is 50.4 Å². The predicted molar refractivity (Wildman–Crippen MR) is 246 cm³/mol. The standard InChI is InChI=1S/C51H97NO5/c1-4-7-10-13-16-19-22-23-24-25-26-27-29-30-33-36-39-42-47(57-51(56)44-41-38-35-32-21-18-15-12-9-6-3)45-50(55)52-48(46-53)49(54)43-40-37-34-31-28-20-17-14-11-8-5-2/h16,19,23-24,47-49,53-54H,4-15,17-18,20-22,25-46H2,1-3H3,(H,52,55)/b19-16-,24-23-. The number of aliphatic hydroxyl groups excluding tert-OH is 2. The molecule has 0 radical (unpaired) electrons. The Bertz CT molecular complexity index is 904. The lowest BCUT2D eigenvalue weighted by Gasteiger charge is -2.24. The molecule has 1 amide bonds. The highest BCUT2D eigenvalue weighted by atomic mass is 16.5. The highest BCUT2D eigenvalue weighted by Gasteiger charge is 2.24. The van der Waals surface area contributed by atoms with Gasteiger partial charge in [0, 0.05) is 6.42 Å². The maximum Gasteiger partial charge on any atom is 0.306 e. The van der Waals surface area contributed by atoms with Gasteiger partial charge in [0.1, 0.15) is 6.10 Å². The minimum absolute atomic E-state index is 0.0770. The number of esters is 1. The van der Waals surface area contributed by atoms with Crippen LogP contribution in [0, 0.1) is 0 Å². The van der Waals surface area contributed by atoms with E-state index < -0.39 is 18.2 Å². The fourth-order valence-corrected chi connectivity index (χ4v) is 7.70. The number of nitrogens with one attached hydrogen (secondary N) is 1. The van der Waals surface area contributed by atoms with Gasteiger partial charge in [-0.15, -0.1) is 0 Å². The van der Waals surface area contributed by atoms with Gasteiger partial charge in [0.2, 0.25) is 5.91 Å². The molecule has 0 aromatic rings. The number of amides is 1. The minimum atomic E-state index is -0.784. The van der Waals surface area contributed by atoms with Crippen LogP contribution in [-0.4, -0.2) is 46.9 Å². The lowest BCUT2D eigenvalue weighted by atomic mass is 10.0.